The zero-order valence-corrected chi connectivity index (χ0v) is 13.9. The molecule has 7 heteroatoms. The predicted octanol–water partition coefficient (Wildman–Crippen LogP) is 3.75. The molecule has 1 heterocycles. The van der Waals surface area contributed by atoms with Gasteiger partial charge in [-0.05, 0) is 39.7 Å². The average Bonchev–Trinajstić information content (AvgIpc) is 2.76. The van der Waals surface area contributed by atoms with E-state index in [1.165, 1.54) is 11.3 Å². The van der Waals surface area contributed by atoms with Gasteiger partial charge in [0.15, 0.2) is 0 Å². The van der Waals surface area contributed by atoms with Crippen molar-refractivity contribution >= 4 is 53.2 Å². The molecular formula is C11H9Br2NO2S2. The van der Waals surface area contributed by atoms with E-state index in [2.05, 4.69) is 36.6 Å². The highest BCUT2D eigenvalue weighted by Crippen LogP contribution is 2.26. The van der Waals surface area contributed by atoms with Gasteiger partial charge in [0.25, 0.3) is 0 Å². The van der Waals surface area contributed by atoms with Crippen molar-refractivity contribution in [3.63, 3.8) is 0 Å². The standard InChI is InChI=1S/C11H9Br2NO2S2/c12-9-4-2-1-3-8(9)7-14-18(15,16)11-6-5-10(13)17-11/h1-6,14H,7H2. The van der Waals surface area contributed by atoms with Crippen LogP contribution in [0.15, 0.2) is 48.9 Å². The first-order chi connectivity index (χ1) is 8.49. The number of halogens is 2. The molecule has 2 aromatic rings. The molecule has 0 aliphatic carbocycles. The highest BCUT2D eigenvalue weighted by atomic mass is 79.9. The normalized spacial score (nSPS) is 11.7. The van der Waals surface area contributed by atoms with Gasteiger partial charge in [-0.25, -0.2) is 13.1 Å². The monoisotopic (exact) mass is 409 g/mol. The van der Waals surface area contributed by atoms with Crippen LogP contribution >= 0.6 is 43.2 Å². The van der Waals surface area contributed by atoms with Crippen LogP contribution in [0, 0.1) is 0 Å². The molecule has 3 nitrogen and oxygen atoms in total. The van der Waals surface area contributed by atoms with Crippen molar-refractivity contribution < 1.29 is 8.42 Å². The molecule has 0 bridgehead atoms. The molecule has 0 amide bonds. The van der Waals surface area contributed by atoms with Crippen molar-refractivity contribution in [2.75, 3.05) is 0 Å². The number of hydrogen-bond donors (Lipinski definition) is 1. The summed E-state index contributed by atoms with van der Waals surface area (Å²) >= 11 is 7.82. The Morgan fingerprint density at radius 1 is 1.11 bits per heavy atom. The summed E-state index contributed by atoms with van der Waals surface area (Å²) in [4.78, 5) is 0. The van der Waals surface area contributed by atoms with Crippen molar-refractivity contribution in [1.29, 1.82) is 0 Å². The van der Waals surface area contributed by atoms with Gasteiger partial charge in [0.05, 0.1) is 3.79 Å². The third kappa shape index (κ3) is 3.42. The number of nitrogens with one attached hydrogen (secondary N) is 1. The van der Waals surface area contributed by atoms with Crippen molar-refractivity contribution in [3.05, 3.63) is 50.2 Å². The van der Waals surface area contributed by atoms with Crippen LogP contribution in [0.3, 0.4) is 0 Å². The molecule has 0 spiro atoms. The van der Waals surface area contributed by atoms with Gasteiger partial charge in [0.2, 0.25) is 10.0 Å². The molecule has 0 aliphatic heterocycles. The summed E-state index contributed by atoms with van der Waals surface area (Å²) < 4.78 is 28.6. The second-order valence-corrected chi connectivity index (χ2v) is 8.79. The minimum absolute atomic E-state index is 0.263. The van der Waals surface area contributed by atoms with Crippen LogP contribution in [0.1, 0.15) is 5.56 Å². The van der Waals surface area contributed by atoms with Crippen LogP contribution in [0.2, 0.25) is 0 Å². The zero-order valence-electron chi connectivity index (χ0n) is 9.06. The van der Waals surface area contributed by atoms with E-state index in [-0.39, 0.29) is 6.54 Å². The molecule has 18 heavy (non-hydrogen) atoms. The van der Waals surface area contributed by atoms with Crippen LogP contribution in [-0.2, 0) is 16.6 Å². The fraction of sp³-hybridized carbons (Fsp3) is 0.0909. The van der Waals surface area contributed by atoms with Gasteiger partial charge in [-0.3, -0.25) is 0 Å². The third-order valence-electron chi connectivity index (χ3n) is 2.22. The number of rotatable bonds is 4. The van der Waals surface area contributed by atoms with Gasteiger partial charge in [-0.1, -0.05) is 34.1 Å². The predicted molar refractivity (Wildman–Crippen MR) is 80.2 cm³/mol. The smallest absolute Gasteiger partial charge is 0.206 e. The minimum Gasteiger partial charge on any atom is -0.206 e. The Morgan fingerprint density at radius 2 is 1.83 bits per heavy atom. The van der Waals surface area contributed by atoms with Crippen LogP contribution in [0.4, 0.5) is 0 Å². The van der Waals surface area contributed by atoms with Gasteiger partial charge in [0.1, 0.15) is 4.21 Å². The molecule has 0 atom stereocenters. The molecule has 0 saturated heterocycles. The topological polar surface area (TPSA) is 46.2 Å². The van der Waals surface area contributed by atoms with Crippen molar-refractivity contribution in [1.82, 2.24) is 4.72 Å². The molecule has 1 N–H and O–H groups in total. The summed E-state index contributed by atoms with van der Waals surface area (Å²) in [6, 6.07) is 10.8. The molecule has 96 valence electrons. The molecule has 0 unspecified atom stereocenters. The number of sulfonamides is 1. The van der Waals surface area contributed by atoms with E-state index < -0.39 is 10.0 Å². The summed E-state index contributed by atoms with van der Waals surface area (Å²) in [5.74, 6) is 0. The molecular weight excluding hydrogens is 402 g/mol. The Kier molecular flexibility index (Phi) is 4.60. The Balaban J connectivity index is 2.13. The van der Waals surface area contributed by atoms with Gasteiger partial charge in [-0.15, -0.1) is 11.3 Å². The first kappa shape index (κ1) is 14.2. The van der Waals surface area contributed by atoms with E-state index in [0.29, 0.717) is 4.21 Å². The van der Waals surface area contributed by atoms with Gasteiger partial charge in [0, 0.05) is 11.0 Å². The second kappa shape index (κ2) is 5.83. The number of thiophene rings is 1. The van der Waals surface area contributed by atoms with Crippen LogP contribution in [0.25, 0.3) is 0 Å². The van der Waals surface area contributed by atoms with E-state index in [1.807, 2.05) is 24.3 Å². The van der Waals surface area contributed by atoms with Crippen molar-refractivity contribution in [3.8, 4) is 0 Å². The Bertz CT molecular complexity index is 653. The third-order valence-corrected chi connectivity index (χ3v) is 6.51. The molecule has 0 aliphatic rings. The minimum atomic E-state index is -3.44. The summed E-state index contributed by atoms with van der Waals surface area (Å²) in [5, 5.41) is 0. The number of benzene rings is 1. The van der Waals surface area contributed by atoms with Crippen molar-refractivity contribution in [2.24, 2.45) is 0 Å². The van der Waals surface area contributed by atoms with Crippen molar-refractivity contribution in [2.45, 2.75) is 10.8 Å². The Morgan fingerprint density at radius 3 is 2.44 bits per heavy atom. The maximum Gasteiger partial charge on any atom is 0.250 e. The summed E-state index contributed by atoms with van der Waals surface area (Å²) in [6.07, 6.45) is 0. The molecule has 0 radical (unpaired) electrons. The van der Waals surface area contributed by atoms with E-state index in [1.54, 1.807) is 12.1 Å². The van der Waals surface area contributed by atoms with Gasteiger partial charge < -0.3 is 0 Å². The second-order valence-electron chi connectivity index (χ2n) is 3.47. The van der Waals surface area contributed by atoms with E-state index in [4.69, 9.17) is 0 Å². The Hall–Kier alpha value is -0.210. The fourth-order valence-corrected chi connectivity index (χ4v) is 4.81. The largest absolute Gasteiger partial charge is 0.250 e. The first-order valence-corrected chi connectivity index (χ1v) is 8.86. The SMILES string of the molecule is O=S(=O)(NCc1ccccc1Br)c1ccc(Br)s1. The zero-order chi connectivity index (χ0) is 13.2. The van der Waals surface area contributed by atoms with Crippen LogP contribution < -0.4 is 4.72 Å². The lowest BCUT2D eigenvalue weighted by atomic mass is 10.2. The van der Waals surface area contributed by atoms with Crippen LogP contribution in [-0.4, -0.2) is 8.42 Å². The summed E-state index contributed by atoms with van der Waals surface area (Å²) in [5.41, 5.74) is 0.900. The quantitative estimate of drug-likeness (QED) is 0.834. The number of hydrogen-bond acceptors (Lipinski definition) is 3. The fourth-order valence-electron chi connectivity index (χ4n) is 1.33. The Labute approximate surface area is 127 Å². The van der Waals surface area contributed by atoms with Gasteiger partial charge >= 0.3 is 0 Å². The maximum absolute atomic E-state index is 12.0. The van der Waals surface area contributed by atoms with E-state index in [0.717, 1.165) is 13.8 Å². The summed E-state index contributed by atoms with van der Waals surface area (Å²) in [6.45, 7) is 0.263. The molecule has 0 fully saturated rings. The average molecular weight is 411 g/mol. The molecule has 0 saturated carbocycles. The molecule has 1 aromatic carbocycles. The van der Waals surface area contributed by atoms with E-state index >= 15 is 0 Å². The van der Waals surface area contributed by atoms with Crippen LogP contribution in [0.5, 0.6) is 0 Å². The molecule has 1 aromatic heterocycles. The lowest BCUT2D eigenvalue weighted by Gasteiger charge is -2.06. The van der Waals surface area contributed by atoms with E-state index in [9.17, 15) is 8.42 Å². The lowest BCUT2D eigenvalue weighted by molar-refractivity contribution is 0.583. The highest BCUT2D eigenvalue weighted by Gasteiger charge is 2.16. The summed E-state index contributed by atoms with van der Waals surface area (Å²) in [7, 11) is -3.44. The highest BCUT2D eigenvalue weighted by molar-refractivity contribution is 9.11. The molecule has 2 rings (SSSR count). The van der Waals surface area contributed by atoms with Gasteiger partial charge in [-0.2, -0.15) is 0 Å². The first-order valence-electron chi connectivity index (χ1n) is 4.97. The maximum atomic E-state index is 12.0. The lowest BCUT2D eigenvalue weighted by Crippen LogP contribution is -2.22.